The van der Waals surface area contributed by atoms with E-state index in [1.807, 2.05) is 0 Å². The zero-order chi connectivity index (χ0) is 11.6. The second-order valence-corrected chi connectivity index (χ2v) is 3.27. The molecule has 2 N–H and O–H groups in total. The molecule has 0 radical (unpaired) electrons. The Morgan fingerprint density at radius 1 is 1.60 bits per heavy atom. The minimum absolute atomic E-state index is 0.106. The van der Waals surface area contributed by atoms with Crippen molar-refractivity contribution in [2.75, 3.05) is 11.1 Å². The first kappa shape index (κ1) is 11.6. The van der Waals surface area contributed by atoms with Gasteiger partial charge in [0.25, 0.3) is 5.69 Å². The molecule has 15 heavy (non-hydrogen) atoms. The van der Waals surface area contributed by atoms with Crippen molar-refractivity contribution in [1.29, 1.82) is 0 Å². The first-order valence-corrected chi connectivity index (χ1v) is 4.92. The first-order chi connectivity index (χ1) is 6.97. The third kappa shape index (κ3) is 2.30. The van der Waals surface area contributed by atoms with Crippen LogP contribution in [-0.2, 0) is 0 Å². The maximum absolute atomic E-state index is 13.2. The summed E-state index contributed by atoms with van der Waals surface area (Å²) in [5.74, 6) is -1.43. The molecule has 0 aliphatic heterocycles. The Morgan fingerprint density at radius 3 is 2.67 bits per heavy atom. The lowest BCUT2D eigenvalue weighted by Crippen LogP contribution is -2.06. The third-order valence-corrected chi connectivity index (χ3v) is 2.24. The SMILES string of the molecule is Nc1cc(F)c(C(=O)CBr)cc1[N+](=O)[O-]. The Balaban J connectivity index is 3.36. The van der Waals surface area contributed by atoms with Crippen molar-refractivity contribution in [1.82, 2.24) is 0 Å². The molecule has 0 aliphatic carbocycles. The molecule has 0 unspecified atom stereocenters. The average Bonchev–Trinajstić information content (AvgIpc) is 2.16. The second kappa shape index (κ2) is 4.35. The number of rotatable bonds is 3. The van der Waals surface area contributed by atoms with Gasteiger partial charge in [-0.25, -0.2) is 4.39 Å². The Hall–Kier alpha value is -1.50. The fourth-order valence-electron chi connectivity index (χ4n) is 1.02. The third-order valence-electron chi connectivity index (χ3n) is 1.73. The lowest BCUT2D eigenvalue weighted by Gasteiger charge is -2.02. The maximum Gasteiger partial charge on any atom is 0.293 e. The highest BCUT2D eigenvalue weighted by atomic mass is 79.9. The topological polar surface area (TPSA) is 86.2 Å². The van der Waals surface area contributed by atoms with Crippen LogP contribution in [0.5, 0.6) is 0 Å². The van der Waals surface area contributed by atoms with Crippen molar-refractivity contribution < 1.29 is 14.1 Å². The highest BCUT2D eigenvalue weighted by Crippen LogP contribution is 2.25. The number of nitrogens with two attached hydrogens (primary N) is 1. The molecule has 1 rings (SSSR count). The fraction of sp³-hybridized carbons (Fsp3) is 0.125. The van der Waals surface area contributed by atoms with E-state index in [0.29, 0.717) is 0 Å². The predicted octanol–water partition coefficient (Wildman–Crippen LogP) is 1.89. The van der Waals surface area contributed by atoms with Gasteiger partial charge in [0.1, 0.15) is 11.5 Å². The normalized spacial score (nSPS) is 10.0. The molecule has 0 saturated carbocycles. The van der Waals surface area contributed by atoms with Gasteiger partial charge in [-0.05, 0) is 0 Å². The summed E-state index contributed by atoms with van der Waals surface area (Å²) in [6.07, 6.45) is 0. The van der Waals surface area contributed by atoms with E-state index >= 15 is 0 Å². The number of nitrogen functional groups attached to an aromatic ring is 1. The number of nitro benzene ring substituents is 1. The van der Waals surface area contributed by atoms with Crippen LogP contribution in [-0.4, -0.2) is 16.0 Å². The summed E-state index contributed by atoms with van der Waals surface area (Å²) in [6.45, 7) is 0. The highest BCUT2D eigenvalue weighted by Gasteiger charge is 2.19. The number of hydrogen-bond acceptors (Lipinski definition) is 4. The van der Waals surface area contributed by atoms with E-state index in [2.05, 4.69) is 15.9 Å². The molecular formula is C8H6BrFN2O3. The number of benzene rings is 1. The van der Waals surface area contributed by atoms with Crippen LogP contribution in [0.25, 0.3) is 0 Å². The standard InChI is InChI=1S/C8H6BrFN2O3/c9-3-8(13)4-1-7(12(14)15)6(11)2-5(4)10/h1-2H,3,11H2. The molecule has 0 atom stereocenters. The van der Waals surface area contributed by atoms with E-state index < -0.39 is 22.2 Å². The smallest absolute Gasteiger partial charge is 0.293 e. The molecular weight excluding hydrogens is 271 g/mol. The molecule has 0 spiro atoms. The second-order valence-electron chi connectivity index (χ2n) is 2.70. The van der Waals surface area contributed by atoms with Crippen LogP contribution in [0, 0.1) is 15.9 Å². The quantitative estimate of drug-likeness (QED) is 0.300. The number of alkyl halides is 1. The largest absolute Gasteiger partial charge is 0.393 e. The van der Waals surface area contributed by atoms with Crippen LogP contribution < -0.4 is 5.73 Å². The zero-order valence-corrected chi connectivity index (χ0v) is 8.95. The molecule has 80 valence electrons. The van der Waals surface area contributed by atoms with E-state index in [1.54, 1.807) is 0 Å². The number of Topliss-reactive ketones (excluding diaryl/α,β-unsaturated/α-hetero) is 1. The summed E-state index contributed by atoms with van der Waals surface area (Å²) in [5.41, 5.74) is 4.11. The van der Waals surface area contributed by atoms with Gasteiger partial charge >= 0.3 is 0 Å². The molecule has 0 fully saturated rings. The maximum atomic E-state index is 13.2. The molecule has 1 aromatic rings. The lowest BCUT2D eigenvalue weighted by atomic mass is 10.1. The van der Waals surface area contributed by atoms with Gasteiger partial charge in [-0.3, -0.25) is 14.9 Å². The molecule has 0 aromatic heterocycles. The van der Waals surface area contributed by atoms with Gasteiger partial charge in [-0.15, -0.1) is 0 Å². The molecule has 0 saturated heterocycles. The predicted molar refractivity (Wildman–Crippen MR) is 55.6 cm³/mol. The number of carbonyl (C=O) groups excluding carboxylic acids is 1. The van der Waals surface area contributed by atoms with Crippen molar-refractivity contribution in [2.24, 2.45) is 0 Å². The summed E-state index contributed by atoms with van der Waals surface area (Å²) in [5, 5.41) is 10.4. The molecule has 5 nitrogen and oxygen atoms in total. The monoisotopic (exact) mass is 276 g/mol. The van der Waals surface area contributed by atoms with Crippen LogP contribution in [0.4, 0.5) is 15.8 Å². The van der Waals surface area contributed by atoms with E-state index in [0.717, 1.165) is 12.1 Å². The van der Waals surface area contributed by atoms with Gasteiger partial charge in [-0.2, -0.15) is 0 Å². The Bertz CT molecular complexity index is 436. The Kier molecular flexibility index (Phi) is 3.35. The summed E-state index contributed by atoms with van der Waals surface area (Å²) in [6, 6.07) is 1.61. The van der Waals surface area contributed by atoms with Crippen molar-refractivity contribution >= 4 is 33.1 Å². The number of carbonyl (C=O) groups is 1. The van der Waals surface area contributed by atoms with Crippen LogP contribution >= 0.6 is 15.9 Å². The number of ketones is 1. The van der Waals surface area contributed by atoms with Crippen molar-refractivity contribution in [3.05, 3.63) is 33.6 Å². The van der Waals surface area contributed by atoms with Gasteiger partial charge in [0.2, 0.25) is 0 Å². The fourth-order valence-corrected chi connectivity index (χ4v) is 1.32. The first-order valence-electron chi connectivity index (χ1n) is 3.80. The number of nitro groups is 1. The molecule has 0 heterocycles. The van der Waals surface area contributed by atoms with Crippen LogP contribution in [0.15, 0.2) is 12.1 Å². The van der Waals surface area contributed by atoms with E-state index in [1.165, 1.54) is 0 Å². The van der Waals surface area contributed by atoms with Crippen molar-refractivity contribution in [2.45, 2.75) is 0 Å². The van der Waals surface area contributed by atoms with Crippen molar-refractivity contribution in [3.63, 3.8) is 0 Å². The van der Waals surface area contributed by atoms with Gasteiger partial charge in [0.05, 0.1) is 15.8 Å². The van der Waals surface area contributed by atoms with Gasteiger partial charge in [0.15, 0.2) is 5.78 Å². The number of halogens is 2. The van der Waals surface area contributed by atoms with Crippen molar-refractivity contribution in [3.8, 4) is 0 Å². The van der Waals surface area contributed by atoms with Crippen LogP contribution in [0.1, 0.15) is 10.4 Å². The molecule has 0 bridgehead atoms. The summed E-state index contributed by atoms with van der Waals surface area (Å²) in [7, 11) is 0. The van der Waals surface area contributed by atoms with Crippen LogP contribution in [0.3, 0.4) is 0 Å². The summed E-state index contributed by atoms with van der Waals surface area (Å²) < 4.78 is 13.2. The Labute approximate surface area is 92.3 Å². The number of hydrogen-bond donors (Lipinski definition) is 1. The number of anilines is 1. The summed E-state index contributed by atoms with van der Waals surface area (Å²) in [4.78, 5) is 20.9. The minimum atomic E-state index is -0.859. The molecule has 7 heteroatoms. The highest BCUT2D eigenvalue weighted by molar-refractivity contribution is 9.09. The van der Waals surface area contributed by atoms with Gasteiger partial charge < -0.3 is 5.73 Å². The van der Waals surface area contributed by atoms with Gasteiger partial charge in [0, 0.05) is 12.1 Å². The Morgan fingerprint density at radius 2 is 2.20 bits per heavy atom. The van der Waals surface area contributed by atoms with Gasteiger partial charge in [-0.1, -0.05) is 15.9 Å². The number of nitrogens with zero attached hydrogens (tertiary/aromatic N) is 1. The average molecular weight is 277 g/mol. The summed E-state index contributed by atoms with van der Waals surface area (Å²) >= 11 is 2.85. The molecule has 0 amide bonds. The minimum Gasteiger partial charge on any atom is -0.393 e. The van der Waals surface area contributed by atoms with E-state index in [9.17, 15) is 19.3 Å². The zero-order valence-electron chi connectivity index (χ0n) is 7.37. The van der Waals surface area contributed by atoms with Crippen LogP contribution in [0.2, 0.25) is 0 Å². The van der Waals surface area contributed by atoms with E-state index in [4.69, 9.17) is 5.73 Å². The van der Waals surface area contributed by atoms with E-state index in [-0.39, 0.29) is 16.6 Å². The molecule has 0 aliphatic rings. The molecule has 1 aromatic carbocycles. The lowest BCUT2D eigenvalue weighted by molar-refractivity contribution is -0.384.